The second-order valence-electron chi connectivity index (χ2n) is 3.72. The van der Waals surface area contributed by atoms with Gasteiger partial charge in [-0.25, -0.2) is 0 Å². The lowest BCUT2D eigenvalue weighted by molar-refractivity contribution is -0.117. The summed E-state index contributed by atoms with van der Waals surface area (Å²) in [4.78, 5) is 15.1. The highest BCUT2D eigenvalue weighted by Gasteiger charge is 2.13. The van der Waals surface area contributed by atoms with Crippen LogP contribution < -0.4 is 5.73 Å². The van der Waals surface area contributed by atoms with Crippen molar-refractivity contribution in [1.29, 1.82) is 0 Å². The number of nitrogens with zero attached hydrogens (tertiary/aromatic N) is 1. The van der Waals surface area contributed by atoms with Crippen LogP contribution >= 0.6 is 31.9 Å². The standard InChI is InChI=1S/C12H10Br2N2O/c13-9-4-7-2-1-3-8(11(7)16-6-9)5-10(14)12(15)17/h1-4,6,10H,5H2,(H2,15,17). The predicted molar refractivity (Wildman–Crippen MR) is 75.1 cm³/mol. The number of nitrogens with two attached hydrogens (primary N) is 1. The first-order valence-corrected chi connectivity index (χ1v) is 6.75. The number of benzene rings is 1. The van der Waals surface area contributed by atoms with Gasteiger partial charge >= 0.3 is 0 Å². The van der Waals surface area contributed by atoms with Gasteiger partial charge in [0.15, 0.2) is 0 Å². The maximum absolute atomic E-state index is 11.0. The molecule has 2 aromatic rings. The van der Waals surface area contributed by atoms with Crippen molar-refractivity contribution in [1.82, 2.24) is 4.98 Å². The van der Waals surface area contributed by atoms with Gasteiger partial charge in [-0.2, -0.15) is 0 Å². The van der Waals surface area contributed by atoms with Gasteiger partial charge in [0.05, 0.1) is 10.3 Å². The fourth-order valence-corrected chi connectivity index (χ4v) is 2.35. The Kier molecular flexibility index (Phi) is 3.79. The number of alkyl halides is 1. The van der Waals surface area contributed by atoms with E-state index in [0.717, 1.165) is 20.9 Å². The van der Waals surface area contributed by atoms with E-state index in [1.807, 2.05) is 24.3 Å². The summed E-state index contributed by atoms with van der Waals surface area (Å²) in [7, 11) is 0. The molecule has 2 N–H and O–H groups in total. The summed E-state index contributed by atoms with van der Waals surface area (Å²) in [5, 5.41) is 1.04. The molecule has 0 spiro atoms. The number of halogens is 2. The van der Waals surface area contributed by atoms with Crippen LogP contribution in [0.1, 0.15) is 5.56 Å². The van der Waals surface area contributed by atoms with Gasteiger partial charge < -0.3 is 5.73 Å². The molecule has 17 heavy (non-hydrogen) atoms. The summed E-state index contributed by atoms with van der Waals surface area (Å²) in [6, 6.07) is 7.90. The Bertz CT molecular complexity index is 571. The molecule has 1 amide bonds. The Hall–Kier alpha value is -0.940. The summed E-state index contributed by atoms with van der Waals surface area (Å²) in [5.41, 5.74) is 7.15. The highest BCUT2D eigenvalue weighted by Crippen LogP contribution is 2.22. The van der Waals surface area contributed by atoms with E-state index in [9.17, 15) is 4.79 Å². The van der Waals surface area contributed by atoms with E-state index in [2.05, 4.69) is 36.8 Å². The maximum atomic E-state index is 11.0. The summed E-state index contributed by atoms with van der Waals surface area (Å²) in [6.07, 6.45) is 2.29. The number of amides is 1. The molecular weight excluding hydrogens is 348 g/mol. The van der Waals surface area contributed by atoms with Crippen molar-refractivity contribution >= 4 is 48.7 Å². The molecule has 0 aliphatic rings. The number of carbonyl (C=O) groups excluding carboxylic acids is 1. The number of aromatic nitrogens is 1. The van der Waals surface area contributed by atoms with Crippen LogP contribution in [0.2, 0.25) is 0 Å². The normalized spacial score (nSPS) is 12.6. The van der Waals surface area contributed by atoms with Crippen LogP contribution in [0.5, 0.6) is 0 Å². The quantitative estimate of drug-likeness (QED) is 0.858. The van der Waals surface area contributed by atoms with Crippen LogP contribution in [0.15, 0.2) is 34.9 Å². The number of rotatable bonds is 3. The van der Waals surface area contributed by atoms with Gasteiger partial charge in [-0.3, -0.25) is 9.78 Å². The zero-order chi connectivity index (χ0) is 12.4. The molecule has 1 aromatic carbocycles. The number of hydrogen-bond donors (Lipinski definition) is 1. The third-order valence-corrected chi connectivity index (χ3v) is 3.68. The van der Waals surface area contributed by atoms with Crippen molar-refractivity contribution in [2.75, 3.05) is 0 Å². The molecule has 1 atom stereocenters. The Labute approximate surface area is 116 Å². The third-order valence-electron chi connectivity index (χ3n) is 2.47. The number of hydrogen-bond acceptors (Lipinski definition) is 2. The summed E-state index contributed by atoms with van der Waals surface area (Å²) >= 11 is 6.65. The van der Waals surface area contributed by atoms with E-state index in [-0.39, 0.29) is 10.7 Å². The van der Waals surface area contributed by atoms with Crippen molar-refractivity contribution in [3.05, 3.63) is 40.5 Å². The highest BCUT2D eigenvalue weighted by atomic mass is 79.9. The fraction of sp³-hybridized carbons (Fsp3) is 0.167. The second-order valence-corrected chi connectivity index (χ2v) is 5.74. The molecule has 0 saturated carbocycles. The van der Waals surface area contributed by atoms with E-state index in [4.69, 9.17) is 5.73 Å². The highest BCUT2D eigenvalue weighted by molar-refractivity contribution is 9.10. The molecule has 88 valence electrons. The molecule has 3 nitrogen and oxygen atoms in total. The van der Waals surface area contributed by atoms with Gasteiger partial charge in [-0.05, 0) is 34.0 Å². The minimum absolute atomic E-state index is 0.362. The molecule has 0 saturated heterocycles. The van der Waals surface area contributed by atoms with Crippen molar-refractivity contribution in [2.45, 2.75) is 11.2 Å². The SMILES string of the molecule is NC(=O)C(Br)Cc1cccc2cc(Br)cnc12. The lowest BCUT2D eigenvalue weighted by atomic mass is 10.1. The molecule has 0 aliphatic heterocycles. The largest absolute Gasteiger partial charge is 0.369 e. The van der Waals surface area contributed by atoms with Crippen molar-refractivity contribution < 1.29 is 4.79 Å². The van der Waals surface area contributed by atoms with Gasteiger partial charge in [-0.15, -0.1) is 0 Å². The first-order valence-electron chi connectivity index (χ1n) is 5.04. The predicted octanol–water partition coefficient (Wildman–Crippen LogP) is 2.79. The van der Waals surface area contributed by atoms with E-state index in [0.29, 0.717) is 6.42 Å². The zero-order valence-corrected chi connectivity index (χ0v) is 12.0. The second kappa shape index (κ2) is 5.14. The third kappa shape index (κ3) is 2.84. The molecule has 5 heteroatoms. The van der Waals surface area contributed by atoms with E-state index < -0.39 is 0 Å². The lowest BCUT2D eigenvalue weighted by Gasteiger charge is -2.08. The van der Waals surface area contributed by atoms with Gasteiger partial charge in [0.25, 0.3) is 0 Å². The Morgan fingerprint density at radius 2 is 2.24 bits per heavy atom. The summed E-state index contributed by atoms with van der Waals surface area (Å²) in [6.45, 7) is 0. The Balaban J connectivity index is 2.44. The number of para-hydroxylation sites is 1. The van der Waals surface area contributed by atoms with Gasteiger partial charge in [0, 0.05) is 16.1 Å². The van der Waals surface area contributed by atoms with Crippen LogP contribution in [-0.2, 0) is 11.2 Å². The zero-order valence-electron chi connectivity index (χ0n) is 8.86. The minimum atomic E-state index is -0.362. The monoisotopic (exact) mass is 356 g/mol. The van der Waals surface area contributed by atoms with Crippen molar-refractivity contribution in [2.24, 2.45) is 5.73 Å². The molecule has 1 heterocycles. The van der Waals surface area contributed by atoms with E-state index >= 15 is 0 Å². The van der Waals surface area contributed by atoms with Crippen LogP contribution in [0.3, 0.4) is 0 Å². The maximum Gasteiger partial charge on any atom is 0.231 e. The first-order chi connectivity index (χ1) is 8.08. The molecular formula is C12H10Br2N2O. The van der Waals surface area contributed by atoms with Gasteiger partial charge in [0.2, 0.25) is 5.91 Å². The van der Waals surface area contributed by atoms with Crippen LogP contribution in [0, 0.1) is 0 Å². The fourth-order valence-electron chi connectivity index (χ4n) is 1.66. The molecule has 0 radical (unpaired) electrons. The average molecular weight is 358 g/mol. The smallest absolute Gasteiger partial charge is 0.231 e. The van der Waals surface area contributed by atoms with Gasteiger partial charge in [-0.1, -0.05) is 34.1 Å². The molecule has 1 unspecified atom stereocenters. The summed E-state index contributed by atoms with van der Waals surface area (Å²) < 4.78 is 0.937. The first kappa shape index (κ1) is 12.5. The molecule has 0 bridgehead atoms. The number of primary amides is 1. The Morgan fingerprint density at radius 3 is 2.94 bits per heavy atom. The number of fused-ring (bicyclic) bond motifs is 1. The molecule has 0 fully saturated rings. The molecule has 1 aromatic heterocycles. The van der Waals surface area contributed by atoms with E-state index in [1.165, 1.54) is 0 Å². The summed E-state index contributed by atoms with van der Waals surface area (Å²) in [5.74, 6) is -0.362. The van der Waals surface area contributed by atoms with Crippen molar-refractivity contribution in [3.63, 3.8) is 0 Å². The average Bonchev–Trinajstić information content (AvgIpc) is 2.28. The van der Waals surface area contributed by atoms with Crippen LogP contribution in [-0.4, -0.2) is 15.7 Å². The van der Waals surface area contributed by atoms with E-state index in [1.54, 1.807) is 6.20 Å². The topological polar surface area (TPSA) is 56.0 Å². The van der Waals surface area contributed by atoms with Crippen molar-refractivity contribution in [3.8, 4) is 0 Å². The number of carbonyl (C=O) groups is 1. The minimum Gasteiger partial charge on any atom is -0.369 e. The van der Waals surface area contributed by atoms with Crippen LogP contribution in [0.4, 0.5) is 0 Å². The van der Waals surface area contributed by atoms with Gasteiger partial charge in [0.1, 0.15) is 0 Å². The molecule has 2 rings (SSSR count). The Morgan fingerprint density at radius 1 is 1.47 bits per heavy atom. The number of pyridine rings is 1. The molecule has 0 aliphatic carbocycles. The van der Waals surface area contributed by atoms with Crippen LogP contribution in [0.25, 0.3) is 10.9 Å². The lowest BCUT2D eigenvalue weighted by Crippen LogP contribution is -2.25.